The molecule has 4 rings (SSSR count). The zero-order chi connectivity index (χ0) is 20.4. The Balaban J connectivity index is 1.71. The van der Waals surface area contributed by atoms with E-state index < -0.39 is 5.91 Å². The third-order valence-corrected chi connectivity index (χ3v) is 5.11. The van der Waals surface area contributed by atoms with Gasteiger partial charge in [0.1, 0.15) is 5.69 Å². The average Bonchev–Trinajstić information content (AvgIpc) is 3.42. The van der Waals surface area contributed by atoms with Gasteiger partial charge in [-0.05, 0) is 41.2 Å². The molecule has 10 nitrogen and oxygen atoms in total. The highest BCUT2D eigenvalue weighted by Crippen LogP contribution is 2.26. The van der Waals surface area contributed by atoms with E-state index >= 15 is 0 Å². The van der Waals surface area contributed by atoms with Gasteiger partial charge in [-0.25, -0.2) is 10.1 Å². The van der Waals surface area contributed by atoms with Gasteiger partial charge in [-0.1, -0.05) is 35.0 Å². The van der Waals surface area contributed by atoms with Crippen molar-refractivity contribution in [3.63, 3.8) is 0 Å². The second-order valence-corrected chi connectivity index (χ2v) is 7.15. The van der Waals surface area contributed by atoms with E-state index in [0.717, 1.165) is 16.0 Å². The molecule has 0 aliphatic carbocycles. The van der Waals surface area contributed by atoms with Gasteiger partial charge >= 0.3 is 0 Å². The summed E-state index contributed by atoms with van der Waals surface area (Å²) in [7, 11) is 0. The van der Waals surface area contributed by atoms with Crippen molar-refractivity contribution < 1.29 is 9.42 Å². The summed E-state index contributed by atoms with van der Waals surface area (Å²) in [5, 5.41) is 21.3. The molecule has 4 aromatic rings. The number of aromatic nitrogens is 5. The van der Waals surface area contributed by atoms with E-state index in [1.54, 1.807) is 6.21 Å². The van der Waals surface area contributed by atoms with E-state index in [2.05, 4.69) is 35.8 Å². The molecule has 1 aromatic carbocycles. The Bertz CT molecular complexity index is 1190. The second-order valence-electron chi connectivity index (χ2n) is 6.20. The molecule has 0 spiro atoms. The quantitative estimate of drug-likeness (QED) is 0.382. The topological polar surface area (TPSA) is 137 Å². The van der Waals surface area contributed by atoms with Gasteiger partial charge in [0, 0.05) is 10.4 Å². The summed E-state index contributed by atoms with van der Waals surface area (Å²) < 4.78 is 5.98. The number of nitrogens with two attached hydrogens (primary N) is 1. The summed E-state index contributed by atoms with van der Waals surface area (Å²) in [6, 6.07) is 9.50. The average molecular weight is 408 g/mol. The van der Waals surface area contributed by atoms with Gasteiger partial charge < -0.3 is 5.73 Å². The lowest BCUT2D eigenvalue weighted by atomic mass is 10.1. The first kappa shape index (κ1) is 18.5. The predicted molar refractivity (Wildman–Crippen MR) is 108 cm³/mol. The zero-order valence-electron chi connectivity index (χ0n) is 15.5. The molecule has 146 valence electrons. The van der Waals surface area contributed by atoms with Crippen LogP contribution in [0.5, 0.6) is 0 Å². The summed E-state index contributed by atoms with van der Waals surface area (Å²) >= 11 is 1.53. The molecule has 0 atom stereocenters. The van der Waals surface area contributed by atoms with Crippen LogP contribution in [0.15, 0.2) is 45.4 Å². The molecule has 3 heterocycles. The summed E-state index contributed by atoms with van der Waals surface area (Å²) in [6.45, 7) is 3.94. The number of rotatable bonds is 5. The van der Waals surface area contributed by atoms with Crippen LogP contribution in [-0.4, -0.2) is 37.4 Å². The van der Waals surface area contributed by atoms with Crippen LogP contribution < -0.4 is 11.2 Å². The number of nitrogens with one attached hydrogen (secondary N) is 1. The van der Waals surface area contributed by atoms with Crippen LogP contribution in [-0.2, 0) is 0 Å². The first-order valence-corrected chi connectivity index (χ1v) is 9.41. The smallest absolute Gasteiger partial charge is 0.294 e. The van der Waals surface area contributed by atoms with Crippen molar-refractivity contribution in [3.8, 4) is 17.1 Å². The third kappa shape index (κ3) is 3.62. The van der Waals surface area contributed by atoms with Gasteiger partial charge in [-0.2, -0.15) is 9.78 Å². The Morgan fingerprint density at radius 3 is 2.69 bits per heavy atom. The van der Waals surface area contributed by atoms with E-state index in [0.29, 0.717) is 11.3 Å². The molecule has 29 heavy (non-hydrogen) atoms. The van der Waals surface area contributed by atoms with Crippen molar-refractivity contribution in [2.24, 2.45) is 5.10 Å². The van der Waals surface area contributed by atoms with E-state index in [9.17, 15) is 4.79 Å². The molecule has 0 unspecified atom stereocenters. The van der Waals surface area contributed by atoms with Crippen LogP contribution in [0.2, 0.25) is 0 Å². The normalized spacial score (nSPS) is 11.2. The van der Waals surface area contributed by atoms with Gasteiger partial charge in [-0.3, -0.25) is 4.79 Å². The summed E-state index contributed by atoms with van der Waals surface area (Å²) in [4.78, 5) is 13.7. The minimum Gasteiger partial charge on any atom is -0.378 e. The second kappa shape index (κ2) is 7.64. The molecule has 0 bridgehead atoms. The highest BCUT2D eigenvalue weighted by Gasteiger charge is 2.25. The van der Waals surface area contributed by atoms with Crippen LogP contribution in [0.3, 0.4) is 0 Å². The molecular formula is C18H16N8O2S. The number of benzene rings is 1. The fraction of sp³-hybridized carbons (Fsp3) is 0.111. The maximum Gasteiger partial charge on any atom is 0.294 e. The number of amides is 1. The molecule has 0 saturated carbocycles. The molecule has 3 aromatic heterocycles. The fourth-order valence-corrected chi connectivity index (χ4v) is 3.40. The summed E-state index contributed by atoms with van der Waals surface area (Å²) in [6.07, 6.45) is 1.59. The Morgan fingerprint density at radius 1 is 1.24 bits per heavy atom. The number of anilines is 1. The Labute approximate surface area is 169 Å². The lowest BCUT2D eigenvalue weighted by Gasteiger charge is -2.06. The largest absolute Gasteiger partial charge is 0.378 e. The van der Waals surface area contributed by atoms with Gasteiger partial charge in [-0.15, -0.1) is 16.4 Å². The van der Waals surface area contributed by atoms with Crippen LogP contribution in [0, 0.1) is 13.8 Å². The summed E-state index contributed by atoms with van der Waals surface area (Å²) in [5.41, 5.74) is 11.6. The number of carbonyl (C=O) groups is 1. The van der Waals surface area contributed by atoms with E-state index in [-0.39, 0.29) is 17.3 Å². The minimum atomic E-state index is -0.521. The molecule has 0 aliphatic heterocycles. The number of nitrogens with zero attached hydrogens (tertiary/aromatic N) is 6. The van der Waals surface area contributed by atoms with Crippen molar-refractivity contribution in [3.05, 3.63) is 57.4 Å². The number of thiophene rings is 1. The molecule has 3 N–H and O–H groups in total. The van der Waals surface area contributed by atoms with Gasteiger partial charge in [0.05, 0.1) is 6.21 Å². The van der Waals surface area contributed by atoms with Gasteiger partial charge in [0.2, 0.25) is 11.6 Å². The number of nitrogen functional groups attached to an aromatic ring is 1. The van der Waals surface area contributed by atoms with E-state index in [4.69, 9.17) is 5.73 Å². The maximum absolute atomic E-state index is 12.8. The van der Waals surface area contributed by atoms with Crippen molar-refractivity contribution in [1.82, 2.24) is 30.7 Å². The molecule has 1 amide bonds. The fourth-order valence-electron chi connectivity index (χ4n) is 2.61. The SMILES string of the molecule is Cc1ccc(-c2c(C(=O)N/N=C/c3sccc3C)nnn2-c2nonc2N)cc1. The standard InChI is InChI=1S/C18H16N8O2S/c1-10-3-5-12(6-4-10)15-14(21-25-26(15)17-16(19)23-28-24-17)18(27)22-20-9-13-11(2)7-8-29-13/h3-9H,1-2H3,(H2,19,23)(H,22,27)/b20-9+. The number of hydrazone groups is 1. The van der Waals surface area contributed by atoms with E-state index in [1.165, 1.54) is 16.0 Å². The Hall–Kier alpha value is -3.86. The van der Waals surface area contributed by atoms with Crippen molar-refractivity contribution in [2.45, 2.75) is 13.8 Å². The van der Waals surface area contributed by atoms with Crippen LogP contribution in [0.1, 0.15) is 26.5 Å². The first-order chi connectivity index (χ1) is 14.0. The van der Waals surface area contributed by atoms with Crippen molar-refractivity contribution in [1.29, 1.82) is 0 Å². The minimum absolute atomic E-state index is 0.0291. The molecular weight excluding hydrogens is 392 g/mol. The summed E-state index contributed by atoms with van der Waals surface area (Å²) in [5.74, 6) is -0.349. The number of aryl methyl sites for hydroxylation is 2. The Kier molecular flexibility index (Phi) is 4.87. The molecule has 0 aliphatic rings. The maximum atomic E-state index is 12.8. The predicted octanol–water partition coefficient (Wildman–Crippen LogP) is 2.34. The van der Waals surface area contributed by atoms with Crippen molar-refractivity contribution in [2.75, 3.05) is 5.73 Å². The molecule has 0 saturated heterocycles. The zero-order valence-corrected chi connectivity index (χ0v) is 16.3. The Morgan fingerprint density at radius 2 is 2.03 bits per heavy atom. The lowest BCUT2D eigenvalue weighted by molar-refractivity contribution is 0.0950. The van der Waals surface area contributed by atoms with E-state index in [1.807, 2.05) is 49.6 Å². The molecule has 0 radical (unpaired) electrons. The van der Waals surface area contributed by atoms with Crippen LogP contribution in [0.25, 0.3) is 17.1 Å². The van der Waals surface area contributed by atoms with Gasteiger partial charge in [0.15, 0.2) is 5.69 Å². The van der Waals surface area contributed by atoms with Crippen LogP contribution in [0.4, 0.5) is 5.82 Å². The number of hydrogen-bond donors (Lipinski definition) is 2. The lowest BCUT2D eigenvalue weighted by Crippen LogP contribution is -2.19. The number of hydrogen-bond acceptors (Lipinski definition) is 9. The van der Waals surface area contributed by atoms with Gasteiger partial charge in [0.25, 0.3) is 5.91 Å². The number of carbonyl (C=O) groups excluding carboxylic acids is 1. The molecule has 11 heteroatoms. The monoisotopic (exact) mass is 408 g/mol. The highest BCUT2D eigenvalue weighted by molar-refractivity contribution is 7.11. The van der Waals surface area contributed by atoms with Crippen LogP contribution >= 0.6 is 11.3 Å². The third-order valence-electron chi connectivity index (χ3n) is 4.16. The first-order valence-electron chi connectivity index (χ1n) is 8.53. The molecule has 0 fully saturated rings. The van der Waals surface area contributed by atoms with Crippen molar-refractivity contribution >= 4 is 29.3 Å². The highest BCUT2D eigenvalue weighted by atomic mass is 32.1.